The van der Waals surface area contributed by atoms with Gasteiger partial charge in [-0.3, -0.25) is 4.79 Å². The molecule has 0 unspecified atom stereocenters. The van der Waals surface area contributed by atoms with Crippen LogP contribution in [0.2, 0.25) is 0 Å². The molecule has 1 aromatic heterocycles. The fraction of sp³-hybridized carbons (Fsp3) is 0.214. The zero-order valence-corrected chi connectivity index (χ0v) is 12.0. The summed E-state index contributed by atoms with van der Waals surface area (Å²) in [6.07, 6.45) is 2.89. The molecule has 21 heavy (non-hydrogen) atoms. The monoisotopic (exact) mass is 288 g/mol. The van der Waals surface area contributed by atoms with Gasteiger partial charge < -0.3 is 20.1 Å². The van der Waals surface area contributed by atoms with E-state index in [2.05, 4.69) is 20.6 Å². The number of nitrogens with one attached hydrogen (secondary N) is 2. The zero-order chi connectivity index (χ0) is 15.2. The lowest BCUT2D eigenvalue weighted by atomic mass is 10.2. The molecule has 0 aliphatic rings. The van der Waals surface area contributed by atoms with Crippen molar-refractivity contribution in [2.24, 2.45) is 0 Å². The Balaban J connectivity index is 2.18. The predicted octanol–water partition coefficient (Wildman–Crippen LogP) is 1.79. The van der Waals surface area contributed by atoms with Crippen LogP contribution in [0.25, 0.3) is 0 Å². The van der Waals surface area contributed by atoms with Crippen LogP contribution in [-0.4, -0.2) is 37.1 Å². The first kappa shape index (κ1) is 14.6. The number of aromatic nitrogens is 2. The number of hydrogen-bond donors (Lipinski definition) is 2. The van der Waals surface area contributed by atoms with Gasteiger partial charge in [0.05, 0.1) is 26.6 Å². The molecule has 7 heteroatoms. The van der Waals surface area contributed by atoms with E-state index in [1.807, 2.05) is 0 Å². The largest absolute Gasteiger partial charge is 0.497 e. The highest BCUT2D eigenvalue weighted by Gasteiger charge is 2.10. The highest BCUT2D eigenvalue weighted by atomic mass is 16.5. The number of carbonyl (C=O) groups is 1. The summed E-state index contributed by atoms with van der Waals surface area (Å²) in [5.41, 5.74) is 0.770. The standard InChI is InChI=1S/C14H16N4O3/c1-15-13-8-16-12(7-17-13)14(19)18-9-4-10(20-2)6-11(5-9)21-3/h4-8H,1-3H3,(H,15,17)(H,18,19). The number of rotatable bonds is 5. The van der Waals surface area contributed by atoms with E-state index in [0.29, 0.717) is 23.0 Å². The Bertz CT molecular complexity index is 606. The number of benzene rings is 1. The third-order valence-corrected chi connectivity index (χ3v) is 2.75. The van der Waals surface area contributed by atoms with Crippen LogP contribution in [0.4, 0.5) is 11.5 Å². The fourth-order valence-corrected chi connectivity index (χ4v) is 1.65. The minimum absolute atomic E-state index is 0.218. The zero-order valence-electron chi connectivity index (χ0n) is 12.0. The normalized spacial score (nSPS) is 9.86. The van der Waals surface area contributed by atoms with Crippen molar-refractivity contribution in [3.8, 4) is 11.5 Å². The van der Waals surface area contributed by atoms with Gasteiger partial charge in [-0.15, -0.1) is 0 Å². The van der Waals surface area contributed by atoms with Gasteiger partial charge in [0.15, 0.2) is 0 Å². The molecule has 0 aliphatic carbocycles. The molecule has 0 fully saturated rings. The van der Waals surface area contributed by atoms with Crippen molar-refractivity contribution in [3.63, 3.8) is 0 Å². The number of anilines is 2. The van der Waals surface area contributed by atoms with E-state index in [1.54, 1.807) is 39.5 Å². The lowest BCUT2D eigenvalue weighted by molar-refractivity contribution is 0.102. The van der Waals surface area contributed by atoms with Gasteiger partial charge in [-0.05, 0) is 0 Å². The molecule has 2 rings (SSSR count). The Hall–Kier alpha value is -2.83. The van der Waals surface area contributed by atoms with Crippen LogP contribution >= 0.6 is 0 Å². The molecular weight excluding hydrogens is 272 g/mol. The Labute approximate surface area is 122 Å². The number of carbonyl (C=O) groups excluding carboxylic acids is 1. The van der Waals surface area contributed by atoms with Crippen molar-refractivity contribution in [3.05, 3.63) is 36.3 Å². The van der Waals surface area contributed by atoms with Gasteiger partial charge in [-0.25, -0.2) is 9.97 Å². The summed E-state index contributed by atoms with van der Waals surface area (Å²) < 4.78 is 10.3. The first-order chi connectivity index (χ1) is 10.2. The third-order valence-electron chi connectivity index (χ3n) is 2.75. The van der Waals surface area contributed by atoms with Gasteiger partial charge in [-0.1, -0.05) is 0 Å². The lowest BCUT2D eigenvalue weighted by Gasteiger charge is -2.09. The van der Waals surface area contributed by atoms with Crippen molar-refractivity contribution in [1.29, 1.82) is 0 Å². The summed E-state index contributed by atoms with van der Waals surface area (Å²) in [4.78, 5) is 20.2. The van der Waals surface area contributed by atoms with E-state index in [9.17, 15) is 4.79 Å². The van der Waals surface area contributed by atoms with Crippen molar-refractivity contribution in [2.75, 3.05) is 31.9 Å². The average molecular weight is 288 g/mol. The predicted molar refractivity (Wildman–Crippen MR) is 79.1 cm³/mol. The van der Waals surface area contributed by atoms with E-state index in [-0.39, 0.29) is 11.6 Å². The molecule has 1 heterocycles. The van der Waals surface area contributed by atoms with E-state index >= 15 is 0 Å². The van der Waals surface area contributed by atoms with Crippen LogP contribution in [0.15, 0.2) is 30.6 Å². The number of amides is 1. The molecule has 0 aliphatic heterocycles. The van der Waals surface area contributed by atoms with Crippen LogP contribution in [0.1, 0.15) is 10.5 Å². The van der Waals surface area contributed by atoms with Crippen LogP contribution in [0.5, 0.6) is 11.5 Å². The quantitative estimate of drug-likeness (QED) is 0.872. The molecule has 0 atom stereocenters. The minimum Gasteiger partial charge on any atom is -0.497 e. The average Bonchev–Trinajstić information content (AvgIpc) is 2.54. The summed E-state index contributed by atoms with van der Waals surface area (Å²) in [6.45, 7) is 0. The smallest absolute Gasteiger partial charge is 0.275 e. The maximum Gasteiger partial charge on any atom is 0.275 e. The maximum atomic E-state index is 12.1. The topological polar surface area (TPSA) is 85.4 Å². The summed E-state index contributed by atoms with van der Waals surface area (Å²) in [5.74, 6) is 1.40. The number of nitrogens with zero attached hydrogens (tertiary/aromatic N) is 2. The molecule has 1 amide bonds. The first-order valence-electron chi connectivity index (χ1n) is 6.20. The highest BCUT2D eigenvalue weighted by Crippen LogP contribution is 2.25. The molecule has 0 radical (unpaired) electrons. The Morgan fingerprint density at radius 1 is 1.05 bits per heavy atom. The minimum atomic E-state index is -0.361. The van der Waals surface area contributed by atoms with E-state index < -0.39 is 0 Å². The van der Waals surface area contributed by atoms with Gasteiger partial charge in [0.1, 0.15) is 23.0 Å². The Morgan fingerprint density at radius 3 is 2.19 bits per heavy atom. The summed E-state index contributed by atoms with van der Waals surface area (Å²) in [5, 5.41) is 5.56. The summed E-state index contributed by atoms with van der Waals surface area (Å²) >= 11 is 0. The second kappa shape index (κ2) is 6.56. The lowest BCUT2D eigenvalue weighted by Crippen LogP contribution is -2.14. The first-order valence-corrected chi connectivity index (χ1v) is 6.20. The van der Waals surface area contributed by atoms with Crippen molar-refractivity contribution < 1.29 is 14.3 Å². The molecule has 1 aromatic carbocycles. The van der Waals surface area contributed by atoms with Crippen molar-refractivity contribution in [1.82, 2.24) is 9.97 Å². The van der Waals surface area contributed by atoms with Crippen molar-refractivity contribution >= 4 is 17.4 Å². The van der Waals surface area contributed by atoms with E-state index in [1.165, 1.54) is 12.4 Å². The maximum absolute atomic E-state index is 12.1. The van der Waals surface area contributed by atoms with Gasteiger partial charge in [0.2, 0.25) is 0 Å². The highest BCUT2D eigenvalue weighted by molar-refractivity contribution is 6.02. The third kappa shape index (κ3) is 3.59. The molecule has 0 bridgehead atoms. The summed E-state index contributed by atoms with van der Waals surface area (Å²) in [6, 6.07) is 5.10. The fourth-order valence-electron chi connectivity index (χ4n) is 1.65. The second-order valence-electron chi connectivity index (χ2n) is 4.09. The van der Waals surface area contributed by atoms with Crippen LogP contribution < -0.4 is 20.1 Å². The van der Waals surface area contributed by atoms with Gasteiger partial charge >= 0.3 is 0 Å². The molecule has 2 aromatic rings. The number of methoxy groups -OCH3 is 2. The van der Waals surface area contributed by atoms with Crippen LogP contribution in [0.3, 0.4) is 0 Å². The summed E-state index contributed by atoms with van der Waals surface area (Å²) in [7, 11) is 4.82. The molecule has 7 nitrogen and oxygen atoms in total. The molecular formula is C14H16N4O3. The number of hydrogen-bond acceptors (Lipinski definition) is 6. The van der Waals surface area contributed by atoms with Gasteiger partial charge in [0.25, 0.3) is 5.91 Å². The molecule has 0 saturated heterocycles. The van der Waals surface area contributed by atoms with E-state index in [0.717, 1.165) is 0 Å². The van der Waals surface area contributed by atoms with Crippen molar-refractivity contribution in [2.45, 2.75) is 0 Å². The van der Waals surface area contributed by atoms with Crippen LogP contribution in [0, 0.1) is 0 Å². The Morgan fingerprint density at radius 2 is 1.71 bits per heavy atom. The molecule has 0 spiro atoms. The van der Waals surface area contributed by atoms with Gasteiger partial charge in [0, 0.05) is 30.9 Å². The SMILES string of the molecule is CNc1cnc(C(=O)Nc2cc(OC)cc(OC)c2)cn1. The van der Waals surface area contributed by atoms with Crippen LogP contribution in [-0.2, 0) is 0 Å². The Kier molecular flexibility index (Phi) is 4.55. The van der Waals surface area contributed by atoms with Gasteiger partial charge in [-0.2, -0.15) is 0 Å². The molecule has 110 valence electrons. The molecule has 0 saturated carbocycles. The number of ether oxygens (including phenoxy) is 2. The molecule has 2 N–H and O–H groups in total. The second-order valence-corrected chi connectivity index (χ2v) is 4.09. The van der Waals surface area contributed by atoms with E-state index in [4.69, 9.17) is 9.47 Å².